The summed E-state index contributed by atoms with van der Waals surface area (Å²) < 4.78 is 0. The molecule has 2 aromatic rings. The third kappa shape index (κ3) is 3.90. The van der Waals surface area contributed by atoms with Crippen molar-refractivity contribution in [3.05, 3.63) is 59.7 Å². The van der Waals surface area contributed by atoms with Crippen molar-refractivity contribution in [2.24, 2.45) is 5.73 Å². The van der Waals surface area contributed by atoms with Crippen LogP contribution in [0.1, 0.15) is 21.6 Å². The Bertz CT molecular complexity index is 626. The molecule has 100 valence electrons. The fourth-order valence-electron chi connectivity index (χ4n) is 1.53. The minimum Gasteiger partial charge on any atom is -0.347 e. The predicted molar refractivity (Wildman–Crippen MR) is 75.6 cm³/mol. The van der Waals surface area contributed by atoms with Crippen LogP contribution in [0.3, 0.4) is 0 Å². The van der Waals surface area contributed by atoms with Gasteiger partial charge in [-0.15, -0.1) is 0 Å². The smallest absolute Gasteiger partial charge is 0.270 e. The number of amides is 1. The Morgan fingerprint density at radius 1 is 1.30 bits per heavy atom. The molecule has 0 fully saturated rings. The molecule has 0 bridgehead atoms. The molecule has 0 aliphatic heterocycles. The first-order chi connectivity index (χ1) is 9.79. The van der Waals surface area contributed by atoms with Crippen molar-refractivity contribution >= 4 is 5.91 Å². The van der Waals surface area contributed by atoms with Gasteiger partial charge in [0.2, 0.25) is 0 Å². The van der Waals surface area contributed by atoms with Gasteiger partial charge in [0.15, 0.2) is 0 Å². The zero-order valence-corrected chi connectivity index (χ0v) is 10.8. The number of pyridine rings is 2. The number of carbonyl (C=O) groups excluding carboxylic acids is 1. The largest absolute Gasteiger partial charge is 0.347 e. The van der Waals surface area contributed by atoms with E-state index in [1.54, 1.807) is 30.7 Å². The average molecular weight is 266 g/mol. The summed E-state index contributed by atoms with van der Waals surface area (Å²) in [5, 5.41) is 2.78. The number of hydrogen-bond donors (Lipinski definition) is 2. The number of hydrogen-bond acceptors (Lipinski definition) is 4. The first-order valence-electron chi connectivity index (χ1n) is 6.11. The Balaban J connectivity index is 1.96. The van der Waals surface area contributed by atoms with Gasteiger partial charge in [0.25, 0.3) is 5.91 Å². The molecule has 0 aromatic carbocycles. The van der Waals surface area contributed by atoms with Crippen molar-refractivity contribution in [2.75, 3.05) is 6.54 Å². The van der Waals surface area contributed by atoms with E-state index in [4.69, 9.17) is 5.73 Å². The normalized spacial score (nSPS) is 9.45. The SMILES string of the molecule is NCC#Cc1ccc(C(=O)NCc2cccnc2)nc1. The Morgan fingerprint density at radius 3 is 2.85 bits per heavy atom. The van der Waals surface area contributed by atoms with Crippen LogP contribution in [0, 0.1) is 11.8 Å². The standard InChI is InChI=1S/C15H14N4O/c16-7-1-3-12-5-6-14(18-10-12)15(20)19-11-13-4-2-8-17-9-13/h2,4-6,8-10H,7,11,16H2,(H,19,20). The summed E-state index contributed by atoms with van der Waals surface area (Å²) in [7, 11) is 0. The molecule has 2 rings (SSSR count). The monoisotopic (exact) mass is 266 g/mol. The fraction of sp³-hybridized carbons (Fsp3) is 0.133. The highest BCUT2D eigenvalue weighted by Gasteiger charge is 2.06. The van der Waals surface area contributed by atoms with Crippen LogP contribution in [0.5, 0.6) is 0 Å². The van der Waals surface area contributed by atoms with Crippen LogP contribution in [0.25, 0.3) is 0 Å². The van der Waals surface area contributed by atoms with Crippen molar-refractivity contribution < 1.29 is 4.79 Å². The van der Waals surface area contributed by atoms with E-state index in [9.17, 15) is 4.79 Å². The van der Waals surface area contributed by atoms with Crippen molar-refractivity contribution in [1.29, 1.82) is 0 Å². The van der Waals surface area contributed by atoms with E-state index in [1.807, 2.05) is 12.1 Å². The van der Waals surface area contributed by atoms with Gasteiger partial charge in [0, 0.05) is 30.7 Å². The summed E-state index contributed by atoms with van der Waals surface area (Å²) in [6, 6.07) is 7.10. The second-order valence-corrected chi connectivity index (χ2v) is 3.98. The van der Waals surface area contributed by atoms with Gasteiger partial charge in [0.05, 0.1) is 6.54 Å². The van der Waals surface area contributed by atoms with E-state index < -0.39 is 0 Å². The van der Waals surface area contributed by atoms with Gasteiger partial charge < -0.3 is 11.1 Å². The van der Waals surface area contributed by atoms with Crippen LogP contribution in [0.4, 0.5) is 0 Å². The van der Waals surface area contributed by atoms with Crippen LogP contribution >= 0.6 is 0 Å². The molecule has 0 spiro atoms. The number of aromatic nitrogens is 2. The molecule has 1 amide bonds. The number of nitrogens with zero attached hydrogens (tertiary/aromatic N) is 2. The van der Waals surface area contributed by atoms with Crippen molar-refractivity contribution in [2.45, 2.75) is 6.54 Å². The topological polar surface area (TPSA) is 80.9 Å². The van der Waals surface area contributed by atoms with E-state index in [1.165, 1.54) is 0 Å². The Labute approximate surface area is 117 Å². The molecule has 2 heterocycles. The van der Waals surface area contributed by atoms with Crippen molar-refractivity contribution in [3.8, 4) is 11.8 Å². The maximum atomic E-state index is 11.9. The van der Waals surface area contributed by atoms with Gasteiger partial charge in [0.1, 0.15) is 5.69 Å². The van der Waals surface area contributed by atoms with Crippen LogP contribution in [0.15, 0.2) is 42.9 Å². The molecular weight excluding hydrogens is 252 g/mol. The van der Waals surface area contributed by atoms with Gasteiger partial charge in [-0.25, -0.2) is 4.98 Å². The lowest BCUT2D eigenvalue weighted by Gasteiger charge is -2.04. The molecular formula is C15H14N4O. The first kappa shape index (κ1) is 13.7. The van der Waals surface area contributed by atoms with E-state index in [0.29, 0.717) is 18.8 Å². The molecule has 20 heavy (non-hydrogen) atoms. The Kier molecular flexibility index (Phi) is 4.81. The van der Waals surface area contributed by atoms with E-state index in [2.05, 4.69) is 27.1 Å². The van der Waals surface area contributed by atoms with Gasteiger partial charge in [-0.2, -0.15) is 0 Å². The molecule has 0 aliphatic rings. The molecule has 5 nitrogen and oxygen atoms in total. The second-order valence-electron chi connectivity index (χ2n) is 3.98. The average Bonchev–Trinajstić information content (AvgIpc) is 2.52. The van der Waals surface area contributed by atoms with Gasteiger partial charge in [-0.3, -0.25) is 9.78 Å². The summed E-state index contributed by atoms with van der Waals surface area (Å²) in [6.07, 6.45) is 4.95. The number of rotatable bonds is 3. The summed E-state index contributed by atoms with van der Waals surface area (Å²) in [5.41, 5.74) is 7.31. The maximum Gasteiger partial charge on any atom is 0.270 e. The summed E-state index contributed by atoms with van der Waals surface area (Å²) in [6.45, 7) is 0.719. The number of nitrogens with one attached hydrogen (secondary N) is 1. The predicted octanol–water partition coefficient (Wildman–Crippen LogP) is 0.717. The van der Waals surface area contributed by atoms with Crippen LogP contribution in [-0.4, -0.2) is 22.4 Å². The first-order valence-corrected chi connectivity index (χ1v) is 6.11. The van der Waals surface area contributed by atoms with Crippen LogP contribution < -0.4 is 11.1 Å². The van der Waals surface area contributed by atoms with Crippen molar-refractivity contribution in [1.82, 2.24) is 15.3 Å². The summed E-state index contributed by atoms with van der Waals surface area (Å²) >= 11 is 0. The van der Waals surface area contributed by atoms with Gasteiger partial charge >= 0.3 is 0 Å². The van der Waals surface area contributed by atoms with Crippen LogP contribution in [0.2, 0.25) is 0 Å². The Morgan fingerprint density at radius 2 is 2.20 bits per heavy atom. The second kappa shape index (κ2) is 7.02. The lowest BCUT2D eigenvalue weighted by Crippen LogP contribution is -2.23. The lowest BCUT2D eigenvalue weighted by atomic mass is 10.2. The van der Waals surface area contributed by atoms with Crippen molar-refractivity contribution in [3.63, 3.8) is 0 Å². The minimum absolute atomic E-state index is 0.229. The molecule has 0 saturated heterocycles. The molecule has 0 unspecified atom stereocenters. The molecule has 0 saturated carbocycles. The molecule has 0 atom stereocenters. The van der Waals surface area contributed by atoms with E-state index in [-0.39, 0.29) is 5.91 Å². The lowest BCUT2D eigenvalue weighted by molar-refractivity contribution is 0.0946. The Hall–Kier alpha value is -2.71. The van der Waals surface area contributed by atoms with Gasteiger partial charge in [-0.05, 0) is 23.8 Å². The zero-order chi connectivity index (χ0) is 14.2. The summed E-state index contributed by atoms with van der Waals surface area (Å²) in [4.78, 5) is 19.9. The number of carbonyl (C=O) groups is 1. The molecule has 2 aromatic heterocycles. The zero-order valence-electron chi connectivity index (χ0n) is 10.8. The molecule has 3 N–H and O–H groups in total. The number of nitrogens with two attached hydrogens (primary N) is 1. The molecule has 0 aliphatic carbocycles. The highest BCUT2D eigenvalue weighted by molar-refractivity contribution is 5.92. The van der Waals surface area contributed by atoms with Crippen LogP contribution in [-0.2, 0) is 6.54 Å². The summed E-state index contributed by atoms with van der Waals surface area (Å²) in [5.74, 6) is 5.35. The quantitative estimate of drug-likeness (QED) is 0.802. The van der Waals surface area contributed by atoms with Gasteiger partial charge in [-0.1, -0.05) is 17.9 Å². The maximum absolute atomic E-state index is 11.9. The third-order valence-electron chi connectivity index (χ3n) is 2.51. The molecule has 5 heteroatoms. The fourth-order valence-corrected chi connectivity index (χ4v) is 1.53. The van der Waals surface area contributed by atoms with E-state index in [0.717, 1.165) is 11.1 Å². The third-order valence-corrected chi connectivity index (χ3v) is 2.51. The molecule has 0 radical (unpaired) electrons. The highest BCUT2D eigenvalue weighted by Crippen LogP contribution is 2.00. The van der Waals surface area contributed by atoms with E-state index >= 15 is 0 Å². The minimum atomic E-state index is -0.229. The highest BCUT2D eigenvalue weighted by atomic mass is 16.1.